The molecule has 0 aliphatic carbocycles. The summed E-state index contributed by atoms with van der Waals surface area (Å²) < 4.78 is 14.6. The van der Waals surface area contributed by atoms with E-state index in [1.165, 1.54) is 0 Å². The van der Waals surface area contributed by atoms with E-state index in [9.17, 15) is 0 Å². The molecule has 0 fully saturated rings. The van der Waals surface area contributed by atoms with Gasteiger partial charge in [-0.15, -0.1) is 0 Å². The third kappa shape index (κ3) is 1.74. The van der Waals surface area contributed by atoms with Gasteiger partial charge in [0.05, 0.1) is 0 Å². The summed E-state index contributed by atoms with van der Waals surface area (Å²) in [7, 11) is 1.62. The Labute approximate surface area is 66.3 Å². The zero-order valence-electron chi connectivity index (χ0n) is 5.57. The van der Waals surface area contributed by atoms with Gasteiger partial charge >= 0.3 is 65.8 Å². The zero-order valence-corrected chi connectivity index (χ0v) is 7.29. The molecule has 0 heterocycles. The summed E-state index contributed by atoms with van der Waals surface area (Å²) in [4.78, 5) is 0. The van der Waals surface area contributed by atoms with Gasteiger partial charge in [-0.2, -0.15) is 0 Å². The molecule has 0 radical (unpaired) electrons. The molecule has 0 amide bonds. The van der Waals surface area contributed by atoms with Crippen molar-refractivity contribution in [1.29, 1.82) is 0 Å². The number of methoxy groups -OCH3 is 1. The van der Waals surface area contributed by atoms with Crippen LogP contribution in [0.25, 0.3) is 0 Å². The van der Waals surface area contributed by atoms with E-state index < -0.39 is 15.3 Å². The molecule has 54 valence electrons. The van der Waals surface area contributed by atoms with Crippen LogP contribution in [0.3, 0.4) is 0 Å². The fourth-order valence-corrected chi connectivity index (χ4v) is 1.18. The molecular weight excluding hydrogens is 195 g/mol. The fourth-order valence-electron chi connectivity index (χ4n) is 0.637. The molecule has 0 aromatic heterocycles. The van der Waals surface area contributed by atoms with Crippen LogP contribution in [0, 0.1) is 0 Å². The third-order valence-corrected chi connectivity index (χ3v) is 2.18. The summed E-state index contributed by atoms with van der Waals surface area (Å²) >= 11 is -0.397. The Morgan fingerprint density at radius 3 is 2.30 bits per heavy atom. The monoisotopic (exact) mass is 204 g/mol. The van der Waals surface area contributed by atoms with Crippen LogP contribution in [-0.4, -0.2) is 26.6 Å². The molecule has 10 heavy (non-hydrogen) atoms. The van der Waals surface area contributed by atoms with Gasteiger partial charge in [0.2, 0.25) is 0 Å². The van der Waals surface area contributed by atoms with Crippen molar-refractivity contribution >= 4 is 19.7 Å². The van der Waals surface area contributed by atoms with Gasteiger partial charge < -0.3 is 0 Å². The molecular formula is C7H8O2Se. The summed E-state index contributed by atoms with van der Waals surface area (Å²) in [6, 6.07) is 7.40. The molecule has 1 aromatic carbocycles. The van der Waals surface area contributed by atoms with Gasteiger partial charge in [0.1, 0.15) is 0 Å². The van der Waals surface area contributed by atoms with E-state index in [0.717, 1.165) is 10.2 Å². The molecule has 1 aromatic rings. The average molecular weight is 203 g/mol. The first-order valence-corrected chi connectivity index (χ1v) is 4.44. The Kier molecular flexibility index (Phi) is 2.75. The zero-order chi connectivity index (χ0) is 7.40. The minimum absolute atomic E-state index is 0.397. The van der Waals surface area contributed by atoms with Crippen molar-refractivity contribution in [2.45, 2.75) is 0 Å². The van der Waals surface area contributed by atoms with Crippen LogP contribution in [0.5, 0.6) is 5.75 Å². The van der Waals surface area contributed by atoms with Gasteiger partial charge in [0.15, 0.2) is 0 Å². The van der Waals surface area contributed by atoms with E-state index in [4.69, 9.17) is 8.93 Å². The summed E-state index contributed by atoms with van der Waals surface area (Å²) in [5, 5.41) is 0. The second kappa shape index (κ2) is 3.61. The standard InChI is InChI=1S/C7H8O2Se/c1-9-6-2-4-7(10-8)5-3-6/h2-5,8H,1H3. The normalized spacial score (nSPS) is 9.40. The average Bonchev–Trinajstić information content (AvgIpc) is 2.05. The molecule has 0 bridgehead atoms. The SMILES string of the molecule is COc1ccc([Se]O)cc1. The number of rotatable bonds is 2. The van der Waals surface area contributed by atoms with Crippen LogP contribution < -0.4 is 9.20 Å². The quantitative estimate of drug-likeness (QED) is 0.682. The van der Waals surface area contributed by atoms with Gasteiger partial charge in [-0.1, -0.05) is 0 Å². The van der Waals surface area contributed by atoms with E-state index in [2.05, 4.69) is 0 Å². The molecule has 1 N–H and O–H groups in total. The Morgan fingerprint density at radius 2 is 1.90 bits per heavy atom. The number of benzene rings is 1. The predicted molar refractivity (Wildman–Crippen MR) is 40.6 cm³/mol. The molecule has 0 atom stereocenters. The van der Waals surface area contributed by atoms with Crippen molar-refractivity contribution in [3.05, 3.63) is 24.3 Å². The second-order valence-electron chi connectivity index (χ2n) is 1.77. The number of hydrogen-bond donors (Lipinski definition) is 1. The molecule has 0 saturated heterocycles. The first-order chi connectivity index (χ1) is 4.86. The Morgan fingerprint density at radius 1 is 1.30 bits per heavy atom. The van der Waals surface area contributed by atoms with Gasteiger partial charge in [-0.25, -0.2) is 0 Å². The summed E-state index contributed by atoms with van der Waals surface area (Å²) in [5.41, 5.74) is 0. The molecule has 0 aliphatic rings. The number of hydrogen-bond acceptors (Lipinski definition) is 2. The van der Waals surface area contributed by atoms with Gasteiger partial charge in [0.25, 0.3) is 0 Å². The van der Waals surface area contributed by atoms with Gasteiger partial charge in [-0.3, -0.25) is 0 Å². The van der Waals surface area contributed by atoms with E-state index >= 15 is 0 Å². The van der Waals surface area contributed by atoms with Crippen LogP contribution in [0.2, 0.25) is 0 Å². The van der Waals surface area contributed by atoms with Crippen molar-refractivity contribution in [2.75, 3.05) is 7.11 Å². The molecule has 0 unspecified atom stereocenters. The third-order valence-electron chi connectivity index (χ3n) is 1.16. The Hall–Kier alpha value is -0.501. The van der Waals surface area contributed by atoms with E-state index in [1.807, 2.05) is 24.3 Å². The van der Waals surface area contributed by atoms with E-state index in [1.54, 1.807) is 7.11 Å². The molecule has 2 nitrogen and oxygen atoms in total. The van der Waals surface area contributed by atoms with Crippen molar-refractivity contribution < 1.29 is 8.93 Å². The fraction of sp³-hybridized carbons (Fsp3) is 0.143. The first kappa shape index (κ1) is 7.60. The van der Waals surface area contributed by atoms with E-state index in [0.29, 0.717) is 0 Å². The predicted octanol–water partition coefficient (Wildman–Crippen LogP) is -0.0680. The van der Waals surface area contributed by atoms with Crippen molar-refractivity contribution in [1.82, 2.24) is 0 Å². The van der Waals surface area contributed by atoms with Crippen molar-refractivity contribution in [3.63, 3.8) is 0 Å². The minimum atomic E-state index is -0.397. The maximum atomic E-state index is 8.72. The topological polar surface area (TPSA) is 29.5 Å². The first-order valence-electron chi connectivity index (χ1n) is 2.82. The van der Waals surface area contributed by atoms with Crippen LogP contribution in [0.15, 0.2) is 24.3 Å². The maximum absolute atomic E-state index is 8.72. The van der Waals surface area contributed by atoms with Crippen molar-refractivity contribution in [3.8, 4) is 5.75 Å². The van der Waals surface area contributed by atoms with Crippen LogP contribution in [-0.2, 0) is 0 Å². The molecule has 0 saturated carbocycles. The van der Waals surface area contributed by atoms with E-state index in [-0.39, 0.29) is 0 Å². The summed E-state index contributed by atoms with van der Waals surface area (Å²) in [5.74, 6) is 0.827. The van der Waals surface area contributed by atoms with Gasteiger partial charge in [-0.05, 0) is 0 Å². The van der Waals surface area contributed by atoms with Crippen LogP contribution in [0.4, 0.5) is 0 Å². The van der Waals surface area contributed by atoms with Gasteiger partial charge in [0, 0.05) is 0 Å². The summed E-state index contributed by atoms with van der Waals surface area (Å²) in [6.45, 7) is 0. The van der Waals surface area contributed by atoms with Crippen LogP contribution >= 0.6 is 0 Å². The Bertz CT molecular complexity index is 172. The van der Waals surface area contributed by atoms with Crippen molar-refractivity contribution in [2.24, 2.45) is 0 Å². The molecule has 0 aliphatic heterocycles. The van der Waals surface area contributed by atoms with Crippen LogP contribution in [0.1, 0.15) is 0 Å². The molecule has 0 spiro atoms. The Balaban J connectivity index is 2.80. The molecule has 3 heteroatoms. The second-order valence-corrected chi connectivity index (χ2v) is 3.14. The molecule has 1 rings (SSSR count). The summed E-state index contributed by atoms with van der Waals surface area (Å²) in [6.07, 6.45) is 0. The number of ether oxygens (including phenoxy) is 1.